The largest absolute Gasteiger partial charge is 0.480 e. The van der Waals surface area contributed by atoms with E-state index in [1.807, 2.05) is 6.07 Å². The first-order chi connectivity index (χ1) is 9.90. The van der Waals surface area contributed by atoms with Crippen LogP contribution in [0.2, 0.25) is 0 Å². The van der Waals surface area contributed by atoms with Crippen LogP contribution in [-0.2, 0) is 14.4 Å². The average molecular weight is 375 g/mol. The summed E-state index contributed by atoms with van der Waals surface area (Å²) in [6.45, 7) is 1.25. The minimum absolute atomic E-state index is 0.102. The Kier molecular flexibility index (Phi) is 7.24. The predicted octanol–water partition coefficient (Wildman–Crippen LogP) is 1.71. The van der Waals surface area contributed by atoms with Gasteiger partial charge in [0.25, 0.3) is 0 Å². The molecule has 2 amide bonds. The number of carboxylic acid groups (broad SMARTS) is 1. The van der Waals surface area contributed by atoms with Crippen LogP contribution >= 0.6 is 27.7 Å². The summed E-state index contributed by atoms with van der Waals surface area (Å²) in [5, 5.41) is 14.0. The highest BCUT2D eigenvalue weighted by Crippen LogP contribution is 2.21. The number of aliphatic carboxylic acids is 1. The molecule has 21 heavy (non-hydrogen) atoms. The van der Waals surface area contributed by atoms with Gasteiger partial charge in [-0.3, -0.25) is 9.59 Å². The number of hydrogen-bond acceptors (Lipinski definition) is 4. The maximum absolute atomic E-state index is 11.8. The van der Waals surface area contributed by atoms with E-state index in [0.29, 0.717) is 5.69 Å². The molecule has 3 N–H and O–H groups in total. The molecular formula is C13H15BrN2O4S. The van der Waals surface area contributed by atoms with Crippen LogP contribution < -0.4 is 10.6 Å². The van der Waals surface area contributed by atoms with Crippen molar-refractivity contribution in [2.75, 3.05) is 16.8 Å². The number of amides is 2. The number of benzene rings is 1. The Bertz CT molecular complexity index is 539. The van der Waals surface area contributed by atoms with Crippen LogP contribution in [-0.4, -0.2) is 40.4 Å². The molecule has 0 saturated heterocycles. The molecule has 0 heterocycles. The molecule has 1 rings (SSSR count). The first-order valence-electron chi connectivity index (χ1n) is 6.02. The third-order valence-electron chi connectivity index (χ3n) is 2.34. The summed E-state index contributed by atoms with van der Waals surface area (Å²) < 4.78 is 0.769. The molecular weight excluding hydrogens is 360 g/mol. The molecule has 0 unspecified atom stereocenters. The third-order valence-corrected chi connectivity index (χ3v) is 4.07. The number of halogens is 1. The van der Waals surface area contributed by atoms with Gasteiger partial charge in [0.15, 0.2) is 0 Å². The molecule has 0 aliphatic rings. The highest BCUT2D eigenvalue weighted by molar-refractivity contribution is 9.10. The smallest absolute Gasteiger partial charge is 0.327 e. The van der Waals surface area contributed by atoms with Crippen molar-refractivity contribution in [3.8, 4) is 0 Å². The summed E-state index contributed by atoms with van der Waals surface area (Å²) in [6, 6.07) is 6.19. The lowest BCUT2D eigenvalue weighted by atomic mass is 10.3. The Balaban J connectivity index is 2.41. The minimum Gasteiger partial charge on any atom is -0.480 e. The number of carbonyl (C=O) groups is 3. The zero-order valence-corrected chi connectivity index (χ0v) is 13.7. The Morgan fingerprint density at radius 2 is 2.00 bits per heavy atom. The van der Waals surface area contributed by atoms with Crippen LogP contribution in [0.1, 0.15) is 6.92 Å². The lowest BCUT2D eigenvalue weighted by Gasteiger charge is -2.12. The number of para-hydroxylation sites is 1. The van der Waals surface area contributed by atoms with Crippen LogP contribution in [0, 0.1) is 0 Å². The highest BCUT2D eigenvalue weighted by atomic mass is 79.9. The molecule has 0 saturated carbocycles. The topological polar surface area (TPSA) is 95.5 Å². The number of nitrogens with one attached hydrogen (secondary N) is 2. The summed E-state index contributed by atoms with van der Waals surface area (Å²) in [6.07, 6.45) is 0. The second-order valence-electron chi connectivity index (χ2n) is 4.13. The zero-order chi connectivity index (χ0) is 15.8. The second-order valence-corrected chi connectivity index (χ2v) is 6.02. The van der Waals surface area contributed by atoms with Crippen molar-refractivity contribution in [3.63, 3.8) is 0 Å². The fourth-order valence-electron chi connectivity index (χ4n) is 1.44. The average Bonchev–Trinajstić information content (AvgIpc) is 2.39. The first-order valence-corrected chi connectivity index (χ1v) is 7.97. The SMILES string of the molecule is CC(=O)N[C@@H](CSCC(=O)Nc1ccccc1Br)C(=O)O. The number of carbonyl (C=O) groups excluding carboxylic acids is 2. The van der Waals surface area contributed by atoms with E-state index in [1.54, 1.807) is 18.2 Å². The van der Waals surface area contributed by atoms with Gasteiger partial charge in [-0.1, -0.05) is 12.1 Å². The number of rotatable bonds is 7. The number of carboxylic acids is 1. The van der Waals surface area contributed by atoms with Crippen molar-refractivity contribution in [1.82, 2.24) is 5.32 Å². The van der Waals surface area contributed by atoms with Crippen LogP contribution in [0.4, 0.5) is 5.69 Å². The maximum atomic E-state index is 11.8. The number of hydrogen-bond donors (Lipinski definition) is 3. The quantitative estimate of drug-likeness (QED) is 0.675. The third kappa shape index (κ3) is 6.63. The molecule has 8 heteroatoms. The number of anilines is 1. The van der Waals surface area contributed by atoms with Gasteiger partial charge in [0, 0.05) is 17.1 Å². The Labute approximate surface area is 134 Å². The highest BCUT2D eigenvalue weighted by Gasteiger charge is 2.18. The van der Waals surface area contributed by atoms with Crippen molar-refractivity contribution in [1.29, 1.82) is 0 Å². The molecule has 0 radical (unpaired) electrons. The van der Waals surface area contributed by atoms with Crippen LogP contribution in [0.5, 0.6) is 0 Å². The summed E-state index contributed by atoms with van der Waals surface area (Å²) in [5.41, 5.74) is 0.653. The van der Waals surface area contributed by atoms with E-state index < -0.39 is 17.9 Å². The molecule has 0 bridgehead atoms. The predicted molar refractivity (Wildman–Crippen MR) is 85.3 cm³/mol. The standard InChI is InChI=1S/C13H15BrN2O4S/c1-8(17)15-11(13(19)20)6-21-7-12(18)16-10-5-3-2-4-9(10)14/h2-5,11H,6-7H2,1H3,(H,15,17)(H,16,18)(H,19,20)/t11-/m0/s1. The first kappa shape index (κ1) is 17.5. The molecule has 0 fully saturated rings. The monoisotopic (exact) mass is 374 g/mol. The van der Waals surface area contributed by atoms with Gasteiger partial charge in [-0.25, -0.2) is 4.79 Å². The summed E-state index contributed by atoms with van der Waals surface area (Å²) >= 11 is 4.46. The van der Waals surface area contributed by atoms with Gasteiger partial charge in [0.2, 0.25) is 11.8 Å². The van der Waals surface area contributed by atoms with Gasteiger partial charge in [-0.2, -0.15) is 0 Å². The summed E-state index contributed by atoms with van der Waals surface area (Å²) in [4.78, 5) is 33.5. The molecule has 1 atom stereocenters. The molecule has 0 spiro atoms. The Hall–Kier alpha value is -1.54. The van der Waals surface area contributed by atoms with Crippen molar-refractivity contribution >= 4 is 51.2 Å². The van der Waals surface area contributed by atoms with E-state index in [2.05, 4.69) is 26.6 Å². The van der Waals surface area contributed by atoms with Crippen LogP contribution in [0.15, 0.2) is 28.7 Å². The second kappa shape index (κ2) is 8.68. The normalized spacial score (nSPS) is 11.5. The van der Waals surface area contributed by atoms with E-state index in [9.17, 15) is 14.4 Å². The van der Waals surface area contributed by atoms with E-state index in [1.165, 1.54) is 6.92 Å². The fourth-order valence-corrected chi connectivity index (χ4v) is 2.66. The summed E-state index contributed by atoms with van der Waals surface area (Å²) in [7, 11) is 0. The van der Waals surface area contributed by atoms with Crippen LogP contribution in [0.3, 0.4) is 0 Å². The molecule has 114 valence electrons. The van der Waals surface area contributed by atoms with Crippen molar-refractivity contribution in [2.24, 2.45) is 0 Å². The zero-order valence-electron chi connectivity index (χ0n) is 11.3. The molecule has 6 nitrogen and oxygen atoms in total. The Morgan fingerprint density at radius 1 is 1.33 bits per heavy atom. The van der Waals surface area contributed by atoms with Gasteiger partial charge in [0.1, 0.15) is 6.04 Å². The molecule has 0 aliphatic carbocycles. The van der Waals surface area contributed by atoms with Gasteiger partial charge in [-0.05, 0) is 28.1 Å². The number of thioether (sulfide) groups is 1. The minimum atomic E-state index is -1.12. The van der Waals surface area contributed by atoms with Gasteiger partial charge < -0.3 is 15.7 Å². The molecule has 1 aromatic carbocycles. The molecule has 0 aliphatic heterocycles. The van der Waals surface area contributed by atoms with E-state index in [-0.39, 0.29) is 17.4 Å². The van der Waals surface area contributed by atoms with Crippen LogP contribution in [0.25, 0.3) is 0 Å². The van der Waals surface area contributed by atoms with Gasteiger partial charge >= 0.3 is 5.97 Å². The lowest BCUT2D eigenvalue weighted by molar-refractivity contribution is -0.140. The fraction of sp³-hybridized carbons (Fsp3) is 0.308. The van der Waals surface area contributed by atoms with Crippen molar-refractivity contribution in [2.45, 2.75) is 13.0 Å². The van der Waals surface area contributed by atoms with Crippen molar-refractivity contribution in [3.05, 3.63) is 28.7 Å². The van der Waals surface area contributed by atoms with E-state index in [0.717, 1.165) is 16.2 Å². The van der Waals surface area contributed by atoms with E-state index >= 15 is 0 Å². The Morgan fingerprint density at radius 3 is 2.57 bits per heavy atom. The summed E-state index contributed by atoms with van der Waals surface area (Å²) in [5.74, 6) is -1.55. The lowest BCUT2D eigenvalue weighted by Crippen LogP contribution is -2.41. The van der Waals surface area contributed by atoms with Gasteiger partial charge in [0.05, 0.1) is 11.4 Å². The van der Waals surface area contributed by atoms with Gasteiger partial charge in [-0.15, -0.1) is 11.8 Å². The maximum Gasteiger partial charge on any atom is 0.327 e. The van der Waals surface area contributed by atoms with E-state index in [4.69, 9.17) is 5.11 Å². The molecule has 0 aromatic heterocycles. The van der Waals surface area contributed by atoms with Crippen molar-refractivity contribution < 1.29 is 19.5 Å². The molecule has 1 aromatic rings.